The highest BCUT2D eigenvalue weighted by Gasteiger charge is 2.44. The topological polar surface area (TPSA) is 55.5 Å². The number of halogens is 1. The van der Waals surface area contributed by atoms with Crippen molar-refractivity contribution in [2.45, 2.75) is 50.9 Å². The number of oxazole rings is 1. The van der Waals surface area contributed by atoms with Gasteiger partial charge in [-0.1, -0.05) is 73.3 Å². The Hall–Kier alpha value is -2.18. The molecule has 6 heteroatoms. The Balaban J connectivity index is 1.40. The molecule has 3 aromatic rings. The van der Waals surface area contributed by atoms with E-state index in [0.29, 0.717) is 30.1 Å². The maximum absolute atomic E-state index is 12.0. The molecule has 1 aliphatic carbocycles. The van der Waals surface area contributed by atoms with E-state index in [1.807, 2.05) is 54.6 Å². The zero-order chi connectivity index (χ0) is 24.0. The van der Waals surface area contributed by atoms with Crippen molar-refractivity contribution in [3.63, 3.8) is 0 Å². The van der Waals surface area contributed by atoms with E-state index < -0.39 is 5.60 Å². The molecule has 1 unspecified atom stereocenters. The minimum atomic E-state index is -1.20. The molecule has 0 aliphatic heterocycles. The fourth-order valence-electron chi connectivity index (χ4n) is 4.89. The van der Waals surface area contributed by atoms with Crippen LogP contribution in [-0.2, 0) is 23.5 Å². The lowest BCUT2D eigenvalue weighted by Gasteiger charge is -2.36. The normalized spacial score (nSPS) is 16.9. The van der Waals surface area contributed by atoms with E-state index in [1.54, 1.807) is 6.20 Å². The lowest BCUT2D eigenvalue weighted by molar-refractivity contribution is -0.905. The second kappa shape index (κ2) is 11.0. The van der Waals surface area contributed by atoms with Crippen molar-refractivity contribution in [2.24, 2.45) is 5.92 Å². The van der Waals surface area contributed by atoms with Crippen molar-refractivity contribution < 1.29 is 18.7 Å². The number of ether oxygens (including phenoxy) is 1. The van der Waals surface area contributed by atoms with Gasteiger partial charge < -0.3 is 18.7 Å². The van der Waals surface area contributed by atoms with Gasteiger partial charge in [0.2, 0.25) is 5.89 Å². The summed E-state index contributed by atoms with van der Waals surface area (Å²) in [5, 5.41) is 12.7. The summed E-state index contributed by atoms with van der Waals surface area (Å²) in [4.78, 5) is 4.60. The molecule has 4 rings (SSSR count). The number of quaternary nitrogens is 1. The number of hydrogen-bond acceptors (Lipinski definition) is 4. The molecule has 1 aliphatic rings. The highest BCUT2D eigenvalue weighted by Crippen LogP contribution is 2.43. The largest absolute Gasteiger partial charge is 0.436 e. The predicted molar refractivity (Wildman–Crippen MR) is 134 cm³/mol. The third kappa shape index (κ3) is 6.08. The van der Waals surface area contributed by atoms with Gasteiger partial charge in [0, 0.05) is 10.9 Å². The summed E-state index contributed by atoms with van der Waals surface area (Å²) >= 11 is 5.95. The molecular formula is C28H36ClN2O3+. The number of nitrogens with zero attached hydrogens (tertiary/aromatic N) is 2. The van der Waals surface area contributed by atoms with Gasteiger partial charge in [-0.05, 0) is 36.1 Å². The van der Waals surface area contributed by atoms with Crippen molar-refractivity contribution >= 4 is 11.6 Å². The minimum absolute atomic E-state index is 0.110. The van der Waals surface area contributed by atoms with Crippen molar-refractivity contribution in [2.75, 3.05) is 27.2 Å². The van der Waals surface area contributed by atoms with Crippen LogP contribution >= 0.6 is 11.6 Å². The molecule has 1 N–H and O–H groups in total. The molecule has 1 fully saturated rings. The molecule has 0 amide bonds. The van der Waals surface area contributed by atoms with Crippen LogP contribution in [-0.4, -0.2) is 41.8 Å². The average Bonchev–Trinajstić information content (AvgIpc) is 3.32. The van der Waals surface area contributed by atoms with E-state index in [-0.39, 0.29) is 5.92 Å². The quantitative estimate of drug-likeness (QED) is 0.286. The predicted octanol–water partition coefficient (Wildman–Crippen LogP) is 5.94. The molecule has 1 heterocycles. The molecule has 182 valence electrons. The molecule has 0 bridgehead atoms. The van der Waals surface area contributed by atoms with E-state index in [9.17, 15) is 5.11 Å². The molecule has 0 spiro atoms. The number of aromatic nitrogens is 1. The first kappa shape index (κ1) is 24.9. The Kier molecular flexibility index (Phi) is 8.10. The summed E-state index contributed by atoms with van der Waals surface area (Å²) < 4.78 is 12.8. The van der Waals surface area contributed by atoms with Crippen molar-refractivity contribution in [3.8, 4) is 0 Å². The minimum Gasteiger partial charge on any atom is -0.436 e. The van der Waals surface area contributed by atoms with Crippen LogP contribution in [0.3, 0.4) is 0 Å². The van der Waals surface area contributed by atoms with E-state index in [2.05, 4.69) is 19.1 Å². The van der Waals surface area contributed by atoms with Crippen LogP contribution in [0.1, 0.15) is 54.9 Å². The van der Waals surface area contributed by atoms with Gasteiger partial charge in [0.15, 0.2) is 11.4 Å². The Labute approximate surface area is 207 Å². The molecule has 0 saturated heterocycles. The smallest absolute Gasteiger partial charge is 0.231 e. The molecule has 1 atom stereocenters. The van der Waals surface area contributed by atoms with Crippen molar-refractivity contribution in [1.82, 2.24) is 4.98 Å². The van der Waals surface area contributed by atoms with Crippen LogP contribution in [0.15, 0.2) is 65.2 Å². The van der Waals surface area contributed by atoms with Gasteiger partial charge in [-0.25, -0.2) is 4.98 Å². The monoisotopic (exact) mass is 483 g/mol. The van der Waals surface area contributed by atoms with Crippen molar-refractivity contribution in [3.05, 3.63) is 88.6 Å². The summed E-state index contributed by atoms with van der Waals surface area (Å²) in [6.45, 7) is 2.70. The number of rotatable bonds is 10. The summed E-state index contributed by atoms with van der Waals surface area (Å²) in [6, 6.07) is 17.6. The Morgan fingerprint density at radius 2 is 1.76 bits per heavy atom. The molecular weight excluding hydrogens is 448 g/mol. The van der Waals surface area contributed by atoms with Gasteiger partial charge in [0.05, 0.1) is 33.5 Å². The lowest BCUT2D eigenvalue weighted by Crippen LogP contribution is -2.41. The van der Waals surface area contributed by atoms with E-state index in [4.69, 9.17) is 20.8 Å². The van der Waals surface area contributed by atoms with Crippen LogP contribution < -0.4 is 0 Å². The zero-order valence-electron chi connectivity index (χ0n) is 20.3. The first-order chi connectivity index (χ1) is 16.4. The fraction of sp³-hybridized carbons (Fsp3) is 0.464. The molecule has 34 heavy (non-hydrogen) atoms. The molecule has 2 aromatic carbocycles. The first-order valence-corrected chi connectivity index (χ1v) is 12.6. The third-order valence-corrected chi connectivity index (χ3v) is 7.15. The maximum Gasteiger partial charge on any atom is 0.231 e. The van der Waals surface area contributed by atoms with Gasteiger partial charge in [-0.15, -0.1) is 0 Å². The van der Waals surface area contributed by atoms with Gasteiger partial charge >= 0.3 is 0 Å². The van der Waals surface area contributed by atoms with E-state index in [0.717, 1.165) is 54.1 Å². The van der Waals surface area contributed by atoms with Gasteiger partial charge in [0.1, 0.15) is 13.1 Å². The maximum atomic E-state index is 12.0. The molecule has 1 aromatic heterocycles. The summed E-state index contributed by atoms with van der Waals surface area (Å²) in [5.74, 6) is 1.31. The number of benzene rings is 2. The Bertz CT molecular complexity index is 1030. The van der Waals surface area contributed by atoms with Crippen LogP contribution in [0.5, 0.6) is 0 Å². The average molecular weight is 484 g/mol. The number of aliphatic hydroxyl groups is 1. The standard InChI is InChI=1S/C28H36ClN2O3/c1-31(2,17-18-33-21-22-13-15-25(29)16-14-22)20-26-19-30-27(34-26)28(32,23-9-5-3-6-10-23)24-11-7-4-8-12-24/h3,5-6,9-10,13-16,19,24,32H,4,7-8,11-12,17-18,20-21H2,1-2H3/q+1. The second-order valence-electron chi connectivity index (χ2n) is 10.1. The number of hydrogen-bond donors (Lipinski definition) is 1. The highest BCUT2D eigenvalue weighted by molar-refractivity contribution is 6.30. The van der Waals surface area contributed by atoms with Crippen LogP contribution in [0.2, 0.25) is 5.02 Å². The fourth-order valence-corrected chi connectivity index (χ4v) is 5.01. The van der Waals surface area contributed by atoms with E-state index in [1.165, 1.54) is 6.42 Å². The summed E-state index contributed by atoms with van der Waals surface area (Å²) in [7, 11) is 4.30. The SMILES string of the molecule is C[N+](C)(CCOCc1ccc(Cl)cc1)Cc1cnc(C(O)(c2ccccc2)C2CCCCC2)o1. The second-order valence-corrected chi connectivity index (χ2v) is 10.5. The van der Waals surface area contributed by atoms with E-state index >= 15 is 0 Å². The zero-order valence-corrected chi connectivity index (χ0v) is 21.0. The van der Waals surface area contributed by atoms with Gasteiger partial charge in [0.25, 0.3) is 0 Å². The third-order valence-electron chi connectivity index (χ3n) is 6.90. The Morgan fingerprint density at radius 1 is 1.06 bits per heavy atom. The molecule has 0 radical (unpaired) electrons. The van der Waals surface area contributed by atoms with Crippen LogP contribution in [0, 0.1) is 5.92 Å². The lowest BCUT2D eigenvalue weighted by atomic mass is 9.73. The highest BCUT2D eigenvalue weighted by atomic mass is 35.5. The molecule has 5 nitrogen and oxygen atoms in total. The molecule has 1 saturated carbocycles. The summed E-state index contributed by atoms with van der Waals surface area (Å²) in [5.41, 5.74) is 0.774. The van der Waals surface area contributed by atoms with Crippen LogP contribution in [0.25, 0.3) is 0 Å². The van der Waals surface area contributed by atoms with Crippen molar-refractivity contribution in [1.29, 1.82) is 0 Å². The van der Waals surface area contributed by atoms with Crippen LogP contribution in [0.4, 0.5) is 0 Å². The van der Waals surface area contributed by atoms with Gasteiger partial charge in [-0.2, -0.15) is 0 Å². The van der Waals surface area contributed by atoms with Gasteiger partial charge in [-0.3, -0.25) is 0 Å². The first-order valence-electron chi connectivity index (χ1n) is 12.2. The number of likely N-dealkylation sites (N-methyl/N-ethyl adjacent to an activating group) is 1. The Morgan fingerprint density at radius 3 is 2.47 bits per heavy atom. The summed E-state index contributed by atoms with van der Waals surface area (Å²) in [6.07, 6.45) is 7.23.